The zero-order valence-electron chi connectivity index (χ0n) is 16.6. The fourth-order valence-electron chi connectivity index (χ4n) is 2.61. The number of rotatable bonds is 9. The van der Waals surface area contributed by atoms with Gasteiger partial charge >= 0.3 is 0 Å². The summed E-state index contributed by atoms with van der Waals surface area (Å²) in [4.78, 5) is 23.7. The molecule has 2 aromatic carbocycles. The smallest absolute Gasteiger partial charge is 0.234 e. The molecule has 30 heavy (non-hydrogen) atoms. The number of hydrogen-bond acceptors (Lipinski definition) is 6. The summed E-state index contributed by atoms with van der Waals surface area (Å²) in [6.07, 6.45) is 0. The normalized spacial score (nSPS) is 10.8. The molecule has 1 amide bonds. The topological polar surface area (TPSA) is 76.9 Å². The third kappa shape index (κ3) is 5.93. The highest BCUT2D eigenvalue weighted by molar-refractivity contribution is 7.99. The molecule has 1 aromatic heterocycles. The summed E-state index contributed by atoms with van der Waals surface area (Å²) in [6.45, 7) is 1.48. The van der Waals surface area contributed by atoms with Crippen molar-refractivity contribution in [1.82, 2.24) is 14.8 Å². The quantitative estimate of drug-likeness (QED) is 0.391. The predicted molar refractivity (Wildman–Crippen MR) is 118 cm³/mol. The van der Waals surface area contributed by atoms with E-state index in [4.69, 9.17) is 0 Å². The highest BCUT2D eigenvalue weighted by atomic mass is 32.2. The molecule has 0 atom stereocenters. The number of carbonyl (C=O) groups is 2. The summed E-state index contributed by atoms with van der Waals surface area (Å²) in [7, 11) is 1.84. The number of anilines is 1. The molecule has 6 nitrogen and oxygen atoms in total. The molecule has 0 spiro atoms. The number of amides is 1. The van der Waals surface area contributed by atoms with Crippen LogP contribution in [0, 0.1) is 5.82 Å². The largest absolute Gasteiger partial charge is 0.325 e. The lowest BCUT2D eigenvalue weighted by Crippen LogP contribution is -2.14. The first-order chi connectivity index (χ1) is 14.4. The van der Waals surface area contributed by atoms with E-state index in [9.17, 15) is 14.0 Å². The maximum atomic E-state index is 13.7. The van der Waals surface area contributed by atoms with Crippen molar-refractivity contribution >= 4 is 40.9 Å². The summed E-state index contributed by atoms with van der Waals surface area (Å²) < 4.78 is 15.5. The van der Waals surface area contributed by atoms with E-state index >= 15 is 0 Å². The van der Waals surface area contributed by atoms with Gasteiger partial charge in [-0.25, -0.2) is 4.39 Å². The van der Waals surface area contributed by atoms with Crippen LogP contribution in [0.15, 0.2) is 53.7 Å². The van der Waals surface area contributed by atoms with E-state index in [0.717, 1.165) is 5.82 Å². The fourth-order valence-corrected chi connectivity index (χ4v) is 4.33. The number of carbonyl (C=O) groups excluding carboxylic acids is 2. The third-order valence-electron chi connectivity index (χ3n) is 4.26. The number of halogens is 1. The van der Waals surface area contributed by atoms with Gasteiger partial charge in [0.25, 0.3) is 0 Å². The van der Waals surface area contributed by atoms with Crippen LogP contribution in [0.3, 0.4) is 0 Å². The van der Waals surface area contributed by atoms with Crippen molar-refractivity contribution in [2.75, 3.05) is 11.1 Å². The van der Waals surface area contributed by atoms with Crippen LogP contribution in [0.25, 0.3) is 0 Å². The van der Waals surface area contributed by atoms with Gasteiger partial charge in [0.05, 0.1) is 11.5 Å². The van der Waals surface area contributed by atoms with Gasteiger partial charge in [0.15, 0.2) is 10.9 Å². The van der Waals surface area contributed by atoms with E-state index in [1.54, 1.807) is 48.2 Å². The molecule has 1 N–H and O–H groups in total. The van der Waals surface area contributed by atoms with Gasteiger partial charge in [-0.2, -0.15) is 0 Å². The van der Waals surface area contributed by atoms with Crippen LogP contribution in [-0.2, 0) is 23.3 Å². The summed E-state index contributed by atoms with van der Waals surface area (Å²) in [5.41, 5.74) is 1.78. The van der Waals surface area contributed by atoms with Crippen molar-refractivity contribution in [3.05, 3.63) is 71.3 Å². The summed E-state index contributed by atoms with van der Waals surface area (Å²) in [5.74, 6) is 1.59. The van der Waals surface area contributed by atoms with Crippen LogP contribution in [0.4, 0.5) is 10.1 Å². The number of aromatic nitrogens is 3. The monoisotopic (exact) mass is 444 g/mol. The highest BCUT2D eigenvalue weighted by Crippen LogP contribution is 2.22. The number of hydrogen-bond donors (Lipinski definition) is 1. The summed E-state index contributed by atoms with van der Waals surface area (Å²) in [6, 6.07) is 13.5. The van der Waals surface area contributed by atoms with E-state index < -0.39 is 0 Å². The van der Waals surface area contributed by atoms with Gasteiger partial charge < -0.3 is 9.88 Å². The molecule has 3 rings (SSSR count). The molecule has 0 unspecified atom stereocenters. The molecule has 0 aliphatic heterocycles. The summed E-state index contributed by atoms with van der Waals surface area (Å²) in [5, 5.41) is 11.7. The number of nitrogens with zero attached hydrogens (tertiary/aromatic N) is 3. The van der Waals surface area contributed by atoms with E-state index in [-0.39, 0.29) is 23.3 Å². The first-order valence-corrected chi connectivity index (χ1v) is 11.3. The average Bonchev–Trinajstić information content (AvgIpc) is 3.07. The number of ketones is 1. The standard InChI is InChI=1S/C21H21FN4O2S2/c1-14(27)15-7-5-8-17(10-15)23-20(28)13-30-21-25-24-19(26(21)2)12-29-11-16-6-3-4-9-18(16)22/h3-10H,11-13H2,1-2H3,(H,23,28). The second kappa shape index (κ2) is 10.4. The van der Waals surface area contributed by atoms with E-state index in [1.807, 2.05) is 17.7 Å². The van der Waals surface area contributed by atoms with Crippen LogP contribution < -0.4 is 5.32 Å². The molecular formula is C21H21FN4O2S2. The Morgan fingerprint density at radius 2 is 1.90 bits per heavy atom. The average molecular weight is 445 g/mol. The third-order valence-corrected chi connectivity index (χ3v) is 6.25. The second-order valence-electron chi connectivity index (χ2n) is 6.52. The van der Waals surface area contributed by atoms with Gasteiger partial charge in [-0.3, -0.25) is 9.59 Å². The molecule has 0 saturated heterocycles. The molecule has 9 heteroatoms. The highest BCUT2D eigenvalue weighted by Gasteiger charge is 2.12. The first kappa shape index (κ1) is 22.0. The molecule has 3 aromatic rings. The van der Waals surface area contributed by atoms with E-state index in [0.29, 0.717) is 33.5 Å². The summed E-state index contributed by atoms with van der Waals surface area (Å²) >= 11 is 2.83. The van der Waals surface area contributed by atoms with Gasteiger partial charge in [0.1, 0.15) is 11.6 Å². The van der Waals surface area contributed by atoms with Crippen LogP contribution in [0.1, 0.15) is 28.7 Å². The first-order valence-electron chi connectivity index (χ1n) is 9.17. The lowest BCUT2D eigenvalue weighted by molar-refractivity contribution is -0.113. The Hall–Kier alpha value is -2.65. The van der Waals surface area contributed by atoms with Crippen molar-refractivity contribution in [1.29, 1.82) is 0 Å². The number of Topliss-reactive ketones (excluding diaryl/α,β-unsaturated/α-hetero) is 1. The Balaban J connectivity index is 1.50. The predicted octanol–water partition coefficient (Wildman–Crippen LogP) is 4.32. The second-order valence-corrected chi connectivity index (χ2v) is 8.44. The fraction of sp³-hybridized carbons (Fsp3) is 0.238. The van der Waals surface area contributed by atoms with Gasteiger partial charge in [-0.1, -0.05) is 42.1 Å². The molecule has 0 aliphatic rings. The minimum Gasteiger partial charge on any atom is -0.325 e. The Labute approximate surface area is 182 Å². The van der Waals surface area contributed by atoms with Gasteiger partial charge in [-0.05, 0) is 30.7 Å². The Bertz CT molecular complexity index is 1050. The molecule has 1 heterocycles. The zero-order valence-corrected chi connectivity index (χ0v) is 18.2. The Morgan fingerprint density at radius 3 is 2.67 bits per heavy atom. The number of nitrogens with one attached hydrogen (secondary N) is 1. The lowest BCUT2D eigenvalue weighted by Gasteiger charge is -2.07. The number of thioether (sulfide) groups is 2. The molecule has 0 fully saturated rings. The molecule has 0 saturated carbocycles. The van der Waals surface area contributed by atoms with Crippen LogP contribution in [0.5, 0.6) is 0 Å². The lowest BCUT2D eigenvalue weighted by atomic mass is 10.1. The van der Waals surface area contributed by atoms with Gasteiger partial charge in [0, 0.05) is 24.1 Å². The van der Waals surface area contributed by atoms with Crippen molar-refractivity contribution in [3.63, 3.8) is 0 Å². The van der Waals surface area contributed by atoms with E-state index in [1.165, 1.54) is 24.8 Å². The maximum Gasteiger partial charge on any atom is 0.234 e. The van der Waals surface area contributed by atoms with Crippen LogP contribution in [-0.4, -0.2) is 32.2 Å². The minimum absolute atomic E-state index is 0.0556. The van der Waals surface area contributed by atoms with Crippen LogP contribution >= 0.6 is 23.5 Å². The Kier molecular flexibility index (Phi) is 7.64. The molecule has 0 aliphatic carbocycles. The maximum absolute atomic E-state index is 13.7. The zero-order chi connectivity index (χ0) is 21.5. The van der Waals surface area contributed by atoms with E-state index in [2.05, 4.69) is 15.5 Å². The van der Waals surface area contributed by atoms with Crippen molar-refractivity contribution < 1.29 is 14.0 Å². The molecule has 0 bridgehead atoms. The molecule has 156 valence electrons. The van der Waals surface area contributed by atoms with Crippen molar-refractivity contribution in [2.45, 2.75) is 23.6 Å². The molecule has 0 radical (unpaired) electrons. The van der Waals surface area contributed by atoms with Gasteiger partial charge in [0.2, 0.25) is 5.91 Å². The Morgan fingerprint density at radius 1 is 1.10 bits per heavy atom. The minimum atomic E-state index is -0.209. The number of benzene rings is 2. The van der Waals surface area contributed by atoms with Crippen molar-refractivity contribution in [3.8, 4) is 0 Å². The van der Waals surface area contributed by atoms with Crippen LogP contribution in [0.2, 0.25) is 0 Å². The SMILES string of the molecule is CC(=O)c1cccc(NC(=O)CSc2nnc(CSCc3ccccc3F)n2C)c1. The molecular weight excluding hydrogens is 423 g/mol. The van der Waals surface area contributed by atoms with Gasteiger partial charge in [-0.15, -0.1) is 22.0 Å². The van der Waals surface area contributed by atoms with Crippen molar-refractivity contribution in [2.24, 2.45) is 7.05 Å².